The Labute approximate surface area is 157 Å². The number of hydrogen-bond donors (Lipinski definition) is 2. The van der Waals surface area contributed by atoms with Gasteiger partial charge >= 0.3 is 0 Å². The second kappa shape index (κ2) is 8.34. The Morgan fingerprint density at radius 1 is 1.19 bits per heavy atom. The molecular formula is C20H21ClN2O3. The van der Waals surface area contributed by atoms with Crippen LogP contribution in [0.1, 0.15) is 41.7 Å². The second-order valence-corrected chi connectivity index (χ2v) is 6.75. The molecular weight excluding hydrogens is 352 g/mol. The number of benzene rings is 2. The third-order valence-corrected chi connectivity index (χ3v) is 4.58. The highest BCUT2D eigenvalue weighted by atomic mass is 35.5. The third kappa shape index (κ3) is 4.62. The Balaban J connectivity index is 1.64. The van der Waals surface area contributed by atoms with Gasteiger partial charge in [0.2, 0.25) is 0 Å². The lowest BCUT2D eigenvalue weighted by atomic mass is 10.1. The average molecular weight is 373 g/mol. The Hall–Kier alpha value is -2.37. The zero-order valence-corrected chi connectivity index (χ0v) is 15.3. The summed E-state index contributed by atoms with van der Waals surface area (Å²) < 4.78 is 5.37. The number of carbonyl (C=O) groups excluding carboxylic acids is 2. The fourth-order valence-electron chi connectivity index (χ4n) is 2.86. The number of anilines is 1. The van der Waals surface area contributed by atoms with Crippen LogP contribution in [0.2, 0.25) is 5.02 Å². The molecule has 6 heteroatoms. The van der Waals surface area contributed by atoms with Gasteiger partial charge < -0.3 is 15.4 Å². The largest absolute Gasteiger partial charge is 0.368 e. The summed E-state index contributed by atoms with van der Waals surface area (Å²) in [7, 11) is 0. The Bertz CT molecular complexity index is 786. The van der Waals surface area contributed by atoms with Crippen LogP contribution in [0.25, 0.3) is 0 Å². The molecule has 26 heavy (non-hydrogen) atoms. The number of carbonyl (C=O) groups is 2. The van der Waals surface area contributed by atoms with E-state index in [4.69, 9.17) is 16.3 Å². The zero-order valence-electron chi connectivity index (χ0n) is 14.5. The van der Waals surface area contributed by atoms with Crippen molar-refractivity contribution in [1.82, 2.24) is 5.32 Å². The number of rotatable bonds is 5. The lowest BCUT2D eigenvalue weighted by molar-refractivity contribution is -0.124. The van der Waals surface area contributed by atoms with E-state index in [0.29, 0.717) is 22.9 Å². The molecule has 1 fully saturated rings. The Kier molecular flexibility index (Phi) is 5.91. The number of nitrogens with one attached hydrogen (secondary N) is 2. The van der Waals surface area contributed by atoms with Crippen LogP contribution >= 0.6 is 11.6 Å². The summed E-state index contributed by atoms with van der Waals surface area (Å²) in [6, 6.07) is 14.1. The first-order valence-corrected chi connectivity index (χ1v) is 8.99. The summed E-state index contributed by atoms with van der Waals surface area (Å²) in [5.41, 5.74) is 2.03. The molecule has 136 valence electrons. The van der Waals surface area contributed by atoms with Gasteiger partial charge in [0.25, 0.3) is 11.8 Å². The summed E-state index contributed by atoms with van der Waals surface area (Å²) in [6.45, 7) is 2.52. The first-order valence-electron chi connectivity index (χ1n) is 8.62. The number of halogens is 1. The van der Waals surface area contributed by atoms with Gasteiger partial charge in [-0.1, -0.05) is 29.8 Å². The summed E-state index contributed by atoms with van der Waals surface area (Å²) >= 11 is 5.89. The highest BCUT2D eigenvalue weighted by Crippen LogP contribution is 2.19. The van der Waals surface area contributed by atoms with E-state index in [2.05, 4.69) is 10.6 Å². The third-order valence-electron chi connectivity index (χ3n) is 4.33. The van der Waals surface area contributed by atoms with Crippen molar-refractivity contribution in [2.24, 2.45) is 0 Å². The molecule has 0 aliphatic carbocycles. The van der Waals surface area contributed by atoms with Crippen molar-refractivity contribution in [2.75, 3.05) is 11.9 Å². The maximum Gasteiger partial charge on any atom is 0.253 e. The fourth-order valence-corrected chi connectivity index (χ4v) is 2.99. The van der Waals surface area contributed by atoms with Gasteiger partial charge in [-0.2, -0.15) is 0 Å². The topological polar surface area (TPSA) is 67.4 Å². The first-order chi connectivity index (χ1) is 12.5. The van der Waals surface area contributed by atoms with Crippen LogP contribution in [0.4, 0.5) is 5.69 Å². The molecule has 0 spiro atoms. The zero-order chi connectivity index (χ0) is 18.5. The van der Waals surface area contributed by atoms with Crippen molar-refractivity contribution in [2.45, 2.75) is 31.9 Å². The van der Waals surface area contributed by atoms with E-state index in [1.54, 1.807) is 36.4 Å². The second-order valence-electron chi connectivity index (χ2n) is 6.32. The molecule has 0 saturated carbocycles. The van der Waals surface area contributed by atoms with Crippen molar-refractivity contribution in [3.8, 4) is 0 Å². The average Bonchev–Trinajstić information content (AvgIpc) is 3.17. The smallest absolute Gasteiger partial charge is 0.253 e. The van der Waals surface area contributed by atoms with E-state index in [1.807, 2.05) is 19.1 Å². The SMILES string of the molecule is CC(NC(=O)c1cccc(NC(=O)C2CCCO2)c1)c1ccc(Cl)cc1. The Morgan fingerprint density at radius 3 is 2.65 bits per heavy atom. The van der Waals surface area contributed by atoms with E-state index in [-0.39, 0.29) is 17.9 Å². The van der Waals surface area contributed by atoms with E-state index >= 15 is 0 Å². The van der Waals surface area contributed by atoms with E-state index in [0.717, 1.165) is 18.4 Å². The molecule has 2 unspecified atom stereocenters. The molecule has 3 rings (SSSR count). The summed E-state index contributed by atoms with van der Waals surface area (Å²) in [5.74, 6) is -0.379. The minimum Gasteiger partial charge on any atom is -0.368 e. The quantitative estimate of drug-likeness (QED) is 0.835. The summed E-state index contributed by atoms with van der Waals surface area (Å²) in [4.78, 5) is 24.7. The first kappa shape index (κ1) is 18.4. The molecule has 2 aromatic carbocycles. The molecule has 2 aromatic rings. The standard InChI is InChI=1S/C20H21ClN2O3/c1-13(14-7-9-16(21)10-8-14)22-19(24)15-4-2-5-17(12-15)23-20(25)18-6-3-11-26-18/h2,4-5,7-10,12-13,18H,3,6,11H2,1H3,(H,22,24)(H,23,25). The summed E-state index contributed by atoms with van der Waals surface area (Å²) in [6.07, 6.45) is 1.21. The molecule has 2 N–H and O–H groups in total. The monoisotopic (exact) mass is 372 g/mol. The molecule has 1 aliphatic rings. The molecule has 0 aromatic heterocycles. The highest BCUT2D eigenvalue weighted by molar-refractivity contribution is 6.30. The summed E-state index contributed by atoms with van der Waals surface area (Å²) in [5, 5.41) is 6.41. The van der Waals surface area contributed by atoms with Crippen LogP contribution in [0.5, 0.6) is 0 Å². The van der Waals surface area contributed by atoms with Gasteiger partial charge in [0, 0.05) is 22.9 Å². The lowest BCUT2D eigenvalue weighted by Crippen LogP contribution is -2.28. The van der Waals surface area contributed by atoms with Crippen molar-refractivity contribution in [1.29, 1.82) is 0 Å². The van der Waals surface area contributed by atoms with Gasteiger partial charge in [0.15, 0.2) is 0 Å². The van der Waals surface area contributed by atoms with Crippen LogP contribution in [0.15, 0.2) is 48.5 Å². The minimum atomic E-state index is -0.405. The number of amides is 2. The number of hydrogen-bond acceptors (Lipinski definition) is 3. The van der Waals surface area contributed by atoms with Gasteiger partial charge in [-0.25, -0.2) is 0 Å². The molecule has 0 bridgehead atoms. The molecule has 0 radical (unpaired) electrons. The molecule has 1 saturated heterocycles. The number of ether oxygens (including phenoxy) is 1. The fraction of sp³-hybridized carbons (Fsp3) is 0.300. The van der Waals surface area contributed by atoms with Crippen molar-refractivity contribution in [3.63, 3.8) is 0 Å². The van der Waals surface area contributed by atoms with Crippen LogP contribution in [0.3, 0.4) is 0 Å². The van der Waals surface area contributed by atoms with Crippen LogP contribution in [0, 0.1) is 0 Å². The van der Waals surface area contributed by atoms with Gasteiger partial charge in [0.05, 0.1) is 6.04 Å². The van der Waals surface area contributed by atoms with Crippen LogP contribution in [-0.4, -0.2) is 24.5 Å². The molecule has 5 nitrogen and oxygen atoms in total. The van der Waals surface area contributed by atoms with E-state index < -0.39 is 6.10 Å². The van der Waals surface area contributed by atoms with Crippen molar-refractivity contribution >= 4 is 29.1 Å². The predicted molar refractivity (Wildman–Crippen MR) is 101 cm³/mol. The minimum absolute atomic E-state index is 0.162. The molecule has 2 atom stereocenters. The van der Waals surface area contributed by atoms with Crippen LogP contribution in [-0.2, 0) is 9.53 Å². The van der Waals surface area contributed by atoms with Crippen LogP contribution < -0.4 is 10.6 Å². The van der Waals surface area contributed by atoms with Crippen molar-refractivity contribution < 1.29 is 14.3 Å². The van der Waals surface area contributed by atoms with E-state index in [9.17, 15) is 9.59 Å². The Morgan fingerprint density at radius 2 is 1.96 bits per heavy atom. The molecule has 1 aliphatic heterocycles. The maximum atomic E-state index is 12.5. The predicted octanol–water partition coefficient (Wildman–Crippen LogP) is 3.95. The maximum absolute atomic E-state index is 12.5. The normalized spacial score (nSPS) is 17.5. The lowest BCUT2D eigenvalue weighted by Gasteiger charge is -2.15. The van der Waals surface area contributed by atoms with Gasteiger partial charge in [-0.3, -0.25) is 9.59 Å². The highest BCUT2D eigenvalue weighted by Gasteiger charge is 2.23. The van der Waals surface area contributed by atoms with Gasteiger partial charge in [-0.15, -0.1) is 0 Å². The molecule has 1 heterocycles. The van der Waals surface area contributed by atoms with Crippen molar-refractivity contribution in [3.05, 3.63) is 64.7 Å². The van der Waals surface area contributed by atoms with E-state index in [1.165, 1.54) is 0 Å². The van der Waals surface area contributed by atoms with Gasteiger partial charge in [0.1, 0.15) is 6.10 Å². The van der Waals surface area contributed by atoms with Gasteiger partial charge in [-0.05, 0) is 55.7 Å². The molecule has 2 amide bonds.